The van der Waals surface area contributed by atoms with Gasteiger partial charge in [0.15, 0.2) is 34.9 Å². The number of rotatable bonds is 14. The van der Waals surface area contributed by atoms with Crippen molar-refractivity contribution >= 4 is 11.6 Å². The summed E-state index contributed by atoms with van der Waals surface area (Å²) in [5.74, 6) is -3.75. The highest BCUT2D eigenvalue weighted by Gasteiger charge is 2.22. The van der Waals surface area contributed by atoms with Gasteiger partial charge in [0.2, 0.25) is 0 Å². The van der Waals surface area contributed by atoms with Crippen LogP contribution in [0, 0.1) is 23.3 Å². The molecule has 63 heavy (non-hydrogen) atoms. The minimum Gasteiger partial charge on any atom is -0.389 e. The number of halogens is 4. The van der Waals surface area contributed by atoms with Gasteiger partial charge in [-0.3, -0.25) is 9.36 Å². The molecule has 6 aromatic heterocycles. The molecule has 0 spiro atoms. The quantitative estimate of drug-likeness (QED) is 0.0776. The first-order valence-corrected chi connectivity index (χ1v) is 18.5. The maximum absolute atomic E-state index is 14.8. The highest BCUT2D eigenvalue weighted by molar-refractivity contribution is 5.64. The molecular formula is C43H44F4N12O4. The summed E-state index contributed by atoms with van der Waals surface area (Å²) in [6, 6.07) is 9.88. The monoisotopic (exact) mass is 874 g/mol. The molecule has 4 N–H and O–H groups in total. The number of aromatic nitrogens is 10. The maximum Gasteiger partial charge on any atom is 0.183 e. The Bertz CT molecular complexity index is 3040. The molecular weight excluding hydrogens is 825 g/mol. The van der Waals surface area contributed by atoms with Crippen LogP contribution in [0.1, 0.15) is 54.5 Å². The van der Waals surface area contributed by atoms with Gasteiger partial charge in [-0.15, -0.1) is 0 Å². The van der Waals surface area contributed by atoms with Gasteiger partial charge in [-0.1, -0.05) is 54.1 Å². The lowest BCUT2D eigenvalue weighted by atomic mass is 10.1. The van der Waals surface area contributed by atoms with Crippen molar-refractivity contribution in [3.05, 3.63) is 132 Å². The molecule has 0 aliphatic carbocycles. The zero-order valence-corrected chi connectivity index (χ0v) is 33.2. The highest BCUT2D eigenvalue weighted by atomic mass is 19.1. The molecule has 0 radical (unpaired) electrons. The minimum absolute atomic E-state index is 0. The van der Waals surface area contributed by atoms with Crippen LogP contribution in [0.4, 0.5) is 29.2 Å². The molecule has 6 heterocycles. The summed E-state index contributed by atoms with van der Waals surface area (Å²) >= 11 is 0. The van der Waals surface area contributed by atoms with Crippen LogP contribution < -0.4 is 10.6 Å². The maximum atomic E-state index is 14.8. The van der Waals surface area contributed by atoms with Crippen LogP contribution in [0.2, 0.25) is 0 Å². The molecule has 16 nitrogen and oxygen atoms in total. The lowest BCUT2D eigenvalue weighted by Crippen LogP contribution is -2.30. The van der Waals surface area contributed by atoms with Crippen molar-refractivity contribution in [3.63, 3.8) is 0 Å². The molecule has 8 rings (SSSR count). The number of hydrogen-bond acceptors (Lipinski definition) is 14. The SMILES string of the molecule is C.[2H]C([2H])(Nc1nc(-c2cc(-c3ccon3)n(Cc3ccccc3F)n2)ncc1F)C(C)(C)O.[2H]c1c([2H])c([2H])c(Cn2nc(-c3ncc(F)c(NCC(C)(C)O)n3)cc2-c2ccon2)c(F)c1[2H]. The molecule has 0 aliphatic rings. The van der Waals surface area contributed by atoms with Crippen molar-refractivity contribution in [2.45, 2.75) is 59.4 Å². The number of nitrogens with one attached hydrogen (secondary N) is 2. The van der Waals surface area contributed by atoms with Crippen molar-refractivity contribution in [3.8, 4) is 45.8 Å². The molecule has 0 atom stereocenters. The van der Waals surface area contributed by atoms with E-state index in [0.29, 0.717) is 28.3 Å². The van der Waals surface area contributed by atoms with Gasteiger partial charge in [-0.25, -0.2) is 37.5 Å². The number of hydrogen-bond donors (Lipinski definition) is 4. The van der Waals surface area contributed by atoms with Crippen LogP contribution in [0.15, 0.2) is 107 Å². The molecule has 0 aliphatic heterocycles. The average molecular weight is 875 g/mol. The number of nitrogens with zero attached hydrogens (tertiary/aromatic N) is 10. The second kappa shape index (κ2) is 19.2. The summed E-state index contributed by atoms with van der Waals surface area (Å²) in [6.45, 7) is 2.91. The van der Waals surface area contributed by atoms with Crippen molar-refractivity contribution in [2.75, 3.05) is 23.7 Å². The van der Waals surface area contributed by atoms with Crippen molar-refractivity contribution in [1.82, 2.24) is 49.8 Å². The summed E-state index contributed by atoms with van der Waals surface area (Å²) in [5.41, 5.74) is -0.940. The van der Waals surface area contributed by atoms with Gasteiger partial charge in [0.25, 0.3) is 0 Å². The zero-order valence-electron chi connectivity index (χ0n) is 39.2. The van der Waals surface area contributed by atoms with Gasteiger partial charge < -0.3 is 29.9 Å². The van der Waals surface area contributed by atoms with Crippen LogP contribution >= 0.6 is 0 Å². The minimum atomic E-state index is -2.39. The smallest absolute Gasteiger partial charge is 0.183 e. The van der Waals surface area contributed by atoms with E-state index in [2.05, 4.69) is 51.1 Å². The van der Waals surface area contributed by atoms with E-state index in [1.54, 1.807) is 44.2 Å². The van der Waals surface area contributed by atoms with E-state index in [1.807, 2.05) is 0 Å². The van der Waals surface area contributed by atoms with Crippen molar-refractivity contribution in [2.24, 2.45) is 0 Å². The Labute approximate surface area is 367 Å². The number of anilines is 2. The Balaban J connectivity index is 0.000000224. The van der Waals surface area contributed by atoms with E-state index in [4.69, 9.17) is 17.3 Å². The van der Waals surface area contributed by atoms with E-state index in [-0.39, 0.29) is 61.5 Å². The van der Waals surface area contributed by atoms with Crippen LogP contribution in [0.25, 0.3) is 45.8 Å². The van der Waals surface area contributed by atoms with Crippen LogP contribution in [-0.4, -0.2) is 84.3 Å². The average Bonchev–Trinajstić information content (AvgIpc) is 4.13. The first kappa shape index (κ1) is 37.4. The molecule has 0 saturated carbocycles. The molecule has 0 amide bonds. The Morgan fingerprint density at radius 2 is 1.19 bits per heavy atom. The fourth-order valence-corrected chi connectivity index (χ4v) is 5.47. The topological polar surface area (TPSA) is 204 Å². The van der Waals surface area contributed by atoms with Gasteiger partial charge in [0, 0.05) is 36.3 Å². The van der Waals surface area contributed by atoms with E-state index >= 15 is 0 Å². The molecule has 8 aromatic rings. The van der Waals surface area contributed by atoms with E-state index < -0.39 is 71.0 Å². The van der Waals surface area contributed by atoms with Gasteiger partial charge in [0.1, 0.15) is 46.9 Å². The fraction of sp³-hybridized carbons (Fsp3) is 0.256. The van der Waals surface area contributed by atoms with Gasteiger partial charge >= 0.3 is 0 Å². The molecule has 0 unspecified atom stereocenters. The third kappa shape index (κ3) is 11.5. The summed E-state index contributed by atoms with van der Waals surface area (Å²) in [4.78, 5) is 16.1. The zero-order chi connectivity index (χ0) is 49.3. The summed E-state index contributed by atoms with van der Waals surface area (Å²) in [5, 5.41) is 41.5. The lowest BCUT2D eigenvalue weighted by Gasteiger charge is -2.18. The second-order valence-electron chi connectivity index (χ2n) is 14.6. The van der Waals surface area contributed by atoms with Crippen LogP contribution in [0.3, 0.4) is 0 Å². The molecule has 2 aromatic carbocycles. The third-order valence-electron chi connectivity index (χ3n) is 8.38. The largest absolute Gasteiger partial charge is 0.389 e. The van der Waals surface area contributed by atoms with Crippen LogP contribution in [-0.2, 0) is 13.1 Å². The highest BCUT2D eigenvalue weighted by Crippen LogP contribution is 2.28. The van der Waals surface area contributed by atoms with Crippen LogP contribution in [0.5, 0.6) is 0 Å². The third-order valence-corrected chi connectivity index (χ3v) is 8.38. The normalized spacial score (nSPS) is 13.0. The Morgan fingerprint density at radius 3 is 1.70 bits per heavy atom. The number of aliphatic hydroxyl groups is 2. The Morgan fingerprint density at radius 1 is 0.667 bits per heavy atom. The first-order valence-electron chi connectivity index (χ1n) is 21.5. The van der Waals surface area contributed by atoms with E-state index in [9.17, 15) is 27.8 Å². The van der Waals surface area contributed by atoms with E-state index in [1.165, 1.54) is 53.9 Å². The van der Waals surface area contributed by atoms with Gasteiger partial charge in [-0.2, -0.15) is 10.2 Å². The molecule has 0 fully saturated rings. The summed E-state index contributed by atoms with van der Waals surface area (Å²) in [7, 11) is 0. The first-order chi connectivity index (χ1) is 32.0. The van der Waals surface area contributed by atoms with Gasteiger partial charge in [-0.05, 0) is 51.9 Å². The van der Waals surface area contributed by atoms with Crippen molar-refractivity contribution < 1.29 is 45.0 Å². The molecule has 0 saturated heterocycles. The molecule has 328 valence electrons. The Kier molecular flexibility index (Phi) is 11.4. The molecule has 0 bridgehead atoms. The van der Waals surface area contributed by atoms with E-state index in [0.717, 1.165) is 12.4 Å². The van der Waals surface area contributed by atoms with Gasteiger partial charge in [0.05, 0.1) is 56.3 Å². The standard InChI is InChI=1S/2C21H20F2N6O2.CH4/c2*1-21(2,30)12-25-19-15(23)10-24-20(26-19)17-9-18(16-7-8-31-28-16)29(27-17)11-13-5-3-4-6-14(13)22;/h2*3-10,30H,11-12H2,1-2H3,(H,24,25,26);1H4/i3D,4D,5D,6D;12D2;. The van der Waals surface area contributed by atoms with Crippen molar-refractivity contribution in [1.29, 1.82) is 0 Å². The lowest BCUT2D eigenvalue weighted by molar-refractivity contribution is 0.0937. The predicted molar refractivity (Wildman–Crippen MR) is 225 cm³/mol. The summed E-state index contributed by atoms with van der Waals surface area (Å²) in [6.07, 6.45) is 4.51. The fourth-order valence-electron chi connectivity index (χ4n) is 5.47. The molecule has 20 heteroatoms. The number of benzene rings is 2. The second-order valence-corrected chi connectivity index (χ2v) is 14.6. The predicted octanol–water partition coefficient (Wildman–Crippen LogP) is 7.64. The summed E-state index contributed by atoms with van der Waals surface area (Å²) < 4.78 is 117. The Hall–Kier alpha value is -7.32.